The lowest BCUT2D eigenvalue weighted by atomic mass is 9.81. The van der Waals surface area contributed by atoms with Crippen molar-refractivity contribution in [2.75, 3.05) is 25.7 Å². The predicted octanol–water partition coefficient (Wildman–Crippen LogP) is 6.39. The molecule has 230 valence electrons. The Bertz CT molecular complexity index is 1710. The molecule has 3 aliphatic rings. The molecule has 4 heterocycles. The number of rotatable bonds is 8. The highest BCUT2D eigenvalue weighted by Crippen LogP contribution is 2.50. The Labute approximate surface area is 260 Å². The first-order valence-corrected chi connectivity index (χ1v) is 15.4. The van der Waals surface area contributed by atoms with E-state index in [0.717, 1.165) is 67.2 Å². The number of aromatic nitrogens is 3. The number of para-hydroxylation sites is 1. The lowest BCUT2D eigenvalue weighted by molar-refractivity contribution is -0.0722. The van der Waals surface area contributed by atoms with Crippen molar-refractivity contribution in [3.8, 4) is 17.2 Å². The highest BCUT2D eigenvalue weighted by Gasteiger charge is 2.42. The van der Waals surface area contributed by atoms with Crippen molar-refractivity contribution in [1.82, 2.24) is 14.5 Å². The van der Waals surface area contributed by atoms with E-state index in [2.05, 4.69) is 27.6 Å². The van der Waals surface area contributed by atoms with Crippen LogP contribution in [0.25, 0.3) is 11.0 Å². The molecule has 4 aromatic rings. The third-order valence-electron chi connectivity index (χ3n) is 9.25. The van der Waals surface area contributed by atoms with Gasteiger partial charge in [0, 0.05) is 38.4 Å². The summed E-state index contributed by atoms with van der Waals surface area (Å²) in [5, 5.41) is 10.3. The van der Waals surface area contributed by atoms with Crippen LogP contribution in [0.2, 0.25) is 5.02 Å². The third kappa shape index (κ3) is 4.99. The molecule has 0 radical (unpaired) electrons. The van der Waals surface area contributed by atoms with Gasteiger partial charge in [0.25, 0.3) is 5.79 Å². The smallest absolute Gasteiger partial charge is 0.335 e. The zero-order valence-corrected chi connectivity index (χ0v) is 25.7. The van der Waals surface area contributed by atoms with Crippen LogP contribution in [0.4, 0.5) is 5.95 Å². The number of nitrogens with zero attached hydrogens (tertiary/aromatic N) is 4. The monoisotopic (exact) mass is 618 g/mol. The Kier molecular flexibility index (Phi) is 7.29. The number of hydrogen-bond acceptors (Lipinski definition) is 8. The fourth-order valence-electron chi connectivity index (χ4n) is 6.70. The molecule has 1 saturated heterocycles. The number of carbonyl (C=O) groups is 1. The van der Waals surface area contributed by atoms with Crippen LogP contribution in [0.3, 0.4) is 0 Å². The second-order valence-electron chi connectivity index (χ2n) is 12.0. The van der Waals surface area contributed by atoms with Crippen molar-refractivity contribution < 1.29 is 28.8 Å². The number of pyridine rings is 1. The molecule has 2 aromatic heterocycles. The van der Waals surface area contributed by atoms with E-state index in [9.17, 15) is 9.90 Å². The summed E-state index contributed by atoms with van der Waals surface area (Å²) in [6.45, 7) is 3.23. The number of carboxylic acid groups (broad SMARTS) is 1. The first-order valence-electron chi connectivity index (χ1n) is 15.0. The number of carboxylic acids is 1. The van der Waals surface area contributed by atoms with E-state index < -0.39 is 11.8 Å². The van der Waals surface area contributed by atoms with Gasteiger partial charge >= 0.3 is 5.97 Å². The number of ether oxygens (including phenoxy) is 4. The van der Waals surface area contributed by atoms with Crippen molar-refractivity contribution in [3.63, 3.8) is 0 Å². The van der Waals surface area contributed by atoms with Gasteiger partial charge in [-0.1, -0.05) is 23.7 Å². The highest BCUT2D eigenvalue weighted by molar-refractivity contribution is 6.30. The molecule has 2 atom stereocenters. The van der Waals surface area contributed by atoms with Crippen LogP contribution in [0.1, 0.15) is 66.6 Å². The Morgan fingerprint density at radius 2 is 1.95 bits per heavy atom. The highest BCUT2D eigenvalue weighted by atomic mass is 35.5. The van der Waals surface area contributed by atoms with Crippen LogP contribution in [0.15, 0.2) is 48.7 Å². The van der Waals surface area contributed by atoms with E-state index in [1.807, 2.05) is 25.1 Å². The second-order valence-corrected chi connectivity index (χ2v) is 12.4. The first-order chi connectivity index (χ1) is 21.2. The van der Waals surface area contributed by atoms with Gasteiger partial charge in [0.05, 0.1) is 35.9 Å². The lowest BCUT2D eigenvalue weighted by Crippen LogP contribution is -2.38. The minimum absolute atomic E-state index is 0.0749. The molecular weight excluding hydrogens is 584 g/mol. The van der Waals surface area contributed by atoms with Gasteiger partial charge in [0.15, 0.2) is 11.5 Å². The Morgan fingerprint density at radius 1 is 1.16 bits per heavy atom. The average molecular weight is 619 g/mol. The van der Waals surface area contributed by atoms with Crippen molar-refractivity contribution in [2.45, 2.75) is 69.4 Å². The van der Waals surface area contributed by atoms with Crippen LogP contribution in [-0.4, -0.2) is 58.5 Å². The van der Waals surface area contributed by atoms with Gasteiger partial charge in [0.1, 0.15) is 17.0 Å². The van der Waals surface area contributed by atoms with Crippen LogP contribution < -0.4 is 19.1 Å². The maximum Gasteiger partial charge on any atom is 0.335 e. The van der Waals surface area contributed by atoms with E-state index in [4.69, 9.17) is 35.5 Å². The number of methoxy groups -OCH3 is 1. The summed E-state index contributed by atoms with van der Waals surface area (Å²) in [6, 6.07) is 13.2. The largest absolute Gasteiger partial charge is 0.494 e. The van der Waals surface area contributed by atoms with Crippen molar-refractivity contribution in [3.05, 3.63) is 70.5 Å². The van der Waals surface area contributed by atoms with Crippen molar-refractivity contribution in [2.24, 2.45) is 0 Å². The van der Waals surface area contributed by atoms with E-state index in [1.54, 1.807) is 25.4 Å². The standard InChI is InChI=1S/C33H35ClN4O6/c1-33(28-12-9-21(34)17-35-28)43-26-6-4-5-24(30(26)44-33)19-7-10-22(11-8-19)37(2)32-36-29-25(38(32)18-23-13-14-42-23)15-20(31(39)40)16-27(29)41-3/h4-6,9,12,15-17,19,22-23H,7-8,10-11,13-14,18H2,1-3H3,(H,39,40)/t19?,22?,23-,33-/m0/s1. The normalized spacial score (nSPS) is 24.2. The second kappa shape index (κ2) is 11.2. The number of benzene rings is 2. The molecule has 0 unspecified atom stereocenters. The van der Waals surface area contributed by atoms with E-state index in [1.165, 1.54) is 6.07 Å². The van der Waals surface area contributed by atoms with Gasteiger partial charge in [-0.3, -0.25) is 4.98 Å². The summed E-state index contributed by atoms with van der Waals surface area (Å²) >= 11 is 6.06. The molecule has 1 N–H and O–H groups in total. The van der Waals surface area contributed by atoms with E-state index in [0.29, 0.717) is 34.4 Å². The van der Waals surface area contributed by atoms with Crippen molar-refractivity contribution in [1.29, 1.82) is 0 Å². The molecule has 10 nitrogen and oxygen atoms in total. The third-order valence-corrected chi connectivity index (χ3v) is 9.47. The number of imidazole rings is 1. The fraction of sp³-hybridized carbons (Fsp3) is 0.424. The molecule has 1 saturated carbocycles. The Balaban J connectivity index is 1.12. The number of aromatic carboxylic acids is 1. The zero-order chi connectivity index (χ0) is 30.6. The van der Waals surface area contributed by atoms with Gasteiger partial charge in [0.2, 0.25) is 5.95 Å². The van der Waals surface area contributed by atoms with Gasteiger partial charge in [-0.25, -0.2) is 9.78 Å². The zero-order valence-electron chi connectivity index (χ0n) is 25.0. The molecule has 1 aliphatic carbocycles. The molecule has 2 fully saturated rings. The number of hydrogen-bond donors (Lipinski definition) is 1. The van der Waals surface area contributed by atoms with Gasteiger partial charge in [-0.2, -0.15) is 0 Å². The minimum atomic E-state index is -1.02. The minimum Gasteiger partial charge on any atom is -0.494 e. The van der Waals surface area contributed by atoms with Gasteiger partial charge in [-0.15, -0.1) is 0 Å². The van der Waals surface area contributed by atoms with Gasteiger partial charge in [-0.05, 0) is 68.4 Å². The van der Waals surface area contributed by atoms with E-state index in [-0.39, 0.29) is 17.7 Å². The summed E-state index contributed by atoms with van der Waals surface area (Å²) in [6.07, 6.45) is 6.51. The summed E-state index contributed by atoms with van der Waals surface area (Å²) in [5.74, 6) is 1.05. The maximum atomic E-state index is 11.9. The summed E-state index contributed by atoms with van der Waals surface area (Å²) < 4.78 is 26.2. The topological polar surface area (TPSA) is 108 Å². The number of anilines is 1. The molecular formula is C33H35ClN4O6. The Hall–Kier alpha value is -4.02. The number of fused-ring (bicyclic) bond motifs is 2. The predicted molar refractivity (Wildman–Crippen MR) is 165 cm³/mol. The van der Waals surface area contributed by atoms with Crippen molar-refractivity contribution >= 4 is 34.6 Å². The molecule has 44 heavy (non-hydrogen) atoms. The van der Waals surface area contributed by atoms with Crippen LogP contribution in [0.5, 0.6) is 17.2 Å². The molecule has 2 aliphatic heterocycles. The van der Waals surface area contributed by atoms with Crippen LogP contribution in [-0.2, 0) is 17.1 Å². The molecule has 2 aromatic carbocycles. The van der Waals surface area contributed by atoms with Gasteiger partial charge < -0.3 is 33.5 Å². The first kappa shape index (κ1) is 28.7. The lowest BCUT2D eigenvalue weighted by Gasteiger charge is -2.36. The molecule has 7 rings (SSSR count). The van der Waals surface area contributed by atoms with Crippen LogP contribution >= 0.6 is 11.6 Å². The number of halogens is 1. The summed E-state index contributed by atoms with van der Waals surface area (Å²) in [5.41, 5.74) is 3.38. The summed E-state index contributed by atoms with van der Waals surface area (Å²) in [4.78, 5) is 23.6. The fourth-order valence-corrected chi connectivity index (χ4v) is 6.81. The average Bonchev–Trinajstić information content (AvgIpc) is 3.56. The van der Waals surface area contributed by atoms with E-state index >= 15 is 0 Å². The quantitative estimate of drug-likeness (QED) is 0.240. The Morgan fingerprint density at radius 3 is 2.61 bits per heavy atom. The molecule has 0 amide bonds. The molecule has 0 bridgehead atoms. The summed E-state index contributed by atoms with van der Waals surface area (Å²) in [7, 11) is 3.62. The molecule has 0 spiro atoms. The maximum absolute atomic E-state index is 11.9. The molecule has 11 heteroatoms. The SMILES string of the molecule is COc1cc(C(=O)O)cc2c1nc(N(C)C1CCC(c3cccc4c3O[C@@](C)(c3ccc(Cl)cn3)O4)CC1)n2C[C@@H]1CCO1. The van der Waals surface area contributed by atoms with Crippen LogP contribution in [0, 0.1) is 0 Å².